The van der Waals surface area contributed by atoms with Crippen LogP contribution in [-0.2, 0) is 6.54 Å². The molecule has 0 spiro atoms. The molecule has 82 valence electrons. The lowest BCUT2D eigenvalue weighted by atomic mass is 10.2. The van der Waals surface area contributed by atoms with Crippen LogP contribution in [-0.4, -0.2) is 9.91 Å². The van der Waals surface area contributed by atoms with E-state index in [-0.39, 0.29) is 15.8 Å². The highest BCUT2D eigenvalue weighted by molar-refractivity contribution is 14.1. The Kier molecular flexibility index (Phi) is 3.85. The summed E-state index contributed by atoms with van der Waals surface area (Å²) in [6, 6.07) is 1.08. The van der Waals surface area contributed by atoms with Gasteiger partial charge in [-0.2, -0.15) is 0 Å². The Bertz CT molecular complexity index is 400. The standard InChI is InChI=1S/C7H6F2IN3O2/c8-6(9)4-1-3(2-11)12-7(5(4)10)13(14)15/h1,6H,2,11H2. The van der Waals surface area contributed by atoms with Gasteiger partial charge in [-0.3, -0.25) is 0 Å². The Morgan fingerprint density at radius 3 is 2.67 bits per heavy atom. The minimum atomic E-state index is -2.77. The second-order valence-electron chi connectivity index (χ2n) is 2.60. The highest BCUT2D eigenvalue weighted by Gasteiger charge is 2.24. The molecule has 0 saturated heterocycles. The lowest BCUT2D eigenvalue weighted by Crippen LogP contribution is -2.07. The van der Waals surface area contributed by atoms with E-state index in [1.165, 1.54) is 22.6 Å². The molecule has 1 heterocycles. The fourth-order valence-electron chi connectivity index (χ4n) is 0.974. The molecule has 0 atom stereocenters. The van der Waals surface area contributed by atoms with E-state index < -0.39 is 22.7 Å². The van der Waals surface area contributed by atoms with Crippen molar-refractivity contribution >= 4 is 28.4 Å². The Morgan fingerprint density at radius 2 is 2.27 bits per heavy atom. The van der Waals surface area contributed by atoms with Gasteiger partial charge in [-0.25, -0.2) is 8.78 Å². The zero-order chi connectivity index (χ0) is 11.6. The molecular weight excluding hydrogens is 323 g/mol. The summed E-state index contributed by atoms with van der Waals surface area (Å²) in [7, 11) is 0. The SMILES string of the molecule is NCc1cc(C(F)F)c(I)c([N+](=O)[O-])n1. The van der Waals surface area contributed by atoms with Gasteiger partial charge in [0.2, 0.25) is 0 Å². The van der Waals surface area contributed by atoms with E-state index in [1.807, 2.05) is 0 Å². The fourth-order valence-corrected chi connectivity index (χ4v) is 1.68. The minimum absolute atomic E-state index is 0.0809. The quantitative estimate of drug-likeness (QED) is 0.522. The van der Waals surface area contributed by atoms with Gasteiger partial charge in [-0.1, -0.05) is 0 Å². The van der Waals surface area contributed by atoms with Crippen molar-refractivity contribution in [3.8, 4) is 0 Å². The number of rotatable bonds is 3. The second-order valence-corrected chi connectivity index (χ2v) is 3.68. The summed E-state index contributed by atoms with van der Waals surface area (Å²) in [5, 5.41) is 10.5. The van der Waals surface area contributed by atoms with Gasteiger partial charge >= 0.3 is 5.82 Å². The van der Waals surface area contributed by atoms with E-state index in [1.54, 1.807) is 0 Å². The zero-order valence-corrected chi connectivity index (χ0v) is 9.44. The summed E-state index contributed by atoms with van der Waals surface area (Å²) in [5.74, 6) is -0.575. The number of nitro groups is 1. The van der Waals surface area contributed by atoms with Gasteiger partial charge < -0.3 is 15.8 Å². The summed E-state index contributed by atoms with van der Waals surface area (Å²) in [4.78, 5) is 13.3. The number of alkyl halides is 2. The van der Waals surface area contributed by atoms with Crippen LogP contribution in [0.15, 0.2) is 6.07 Å². The van der Waals surface area contributed by atoms with E-state index in [0.717, 1.165) is 6.07 Å². The maximum Gasteiger partial charge on any atom is 0.377 e. The van der Waals surface area contributed by atoms with Gasteiger partial charge in [-0.15, -0.1) is 0 Å². The number of halogens is 3. The van der Waals surface area contributed by atoms with Crippen LogP contribution in [0.2, 0.25) is 0 Å². The van der Waals surface area contributed by atoms with E-state index in [4.69, 9.17) is 5.73 Å². The number of hydrogen-bond acceptors (Lipinski definition) is 4. The Morgan fingerprint density at radius 1 is 1.67 bits per heavy atom. The molecule has 0 amide bonds. The molecule has 8 heteroatoms. The first-order valence-corrected chi connectivity index (χ1v) is 4.87. The highest BCUT2D eigenvalue weighted by Crippen LogP contribution is 2.30. The first-order valence-electron chi connectivity index (χ1n) is 3.79. The second kappa shape index (κ2) is 4.75. The molecule has 0 radical (unpaired) electrons. The molecule has 0 aliphatic rings. The van der Waals surface area contributed by atoms with Crippen LogP contribution in [0.1, 0.15) is 17.7 Å². The monoisotopic (exact) mass is 329 g/mol. The van der Waals surface area contributed by atoms with Crippen molar-refractivity contribution in [3.63, 3.8) is 0 Å². The molecule has 5 nitrogen and oxygen atoms in total. The number of nitrogens with two attached hydrogens (primary N) is 1. The van der Waals surface area contributed by atoms with Gasteiger partial charge in [0, 0.05) is 5.56 Å². The first kappa shape index (κ1) is 12.2. The van der Waals surface area contributed by atoms with E-state index in [9.17, 15) is 18.9 Å². The van der Waals surface area contributed by atoms with Crippen molar-refractivity contribution in [2.45, 2.75) is 13.0 Å². The molecule has 1 aromatic rings. The van der Waals surface area contributed by atoms with Crippen molar-refractivity contribution in [2.75, 3.05) is 0 Å². The van der Waals surface area contributed by atoms with Gasteiger partial charge in [0.25, 0.3) is 6.43 Å². The third kappa shape index (κ3) is 2.56. The van der Waals surface area contributed by atoms with Crippen LogP contribution < -0.4 is 5.73 Å². The number of aromatic nitrogens is 1. The lowest BCUT2D eigenvalue weighted by molar-refractivity contribution is -0.390. The van der Waals surface area contributed by atoms with E-state index in [2.05, 4.69) is 4.98 Å². The highest BCUT2D eigenvalue weighted by atomic mass is 127. The molecule has 1 rings (SSSR count). The summed E-state index contributed by atoms with van der Waals surface area (Å²) in [5.41, 5.74) is 4.88. The molecule has 2 N–H and O–H groups in total. The third-order valence-electron chi connectivity index (χ3n) is 1.64. The summed E-state index contributed by atoms with van der Waals surface area (Å²) < 4.78 is 24.8. The van der Waals surface area contributed by atoms with Crippen molar-refractivity contribution in [3.05, 3.63) is 31.0 Å². The van der Waals surface area contributed by atoms with E-state index >= 15 is 0 Å². The number of hydrogen-bond donors (Lipinski definition) is 1. The maximum atomic E-state index is 12.5. The van der Waals surface area contributed by atoms with Crippen LogP contribution in [0.3, 0.4) is 0 Å². The maximum absolute atomic E-state index is 12.5. The van der Waals surface area contributed by atoms with Crippen LogP contribution in [0.25, 0.3) is 0 Å². The molecule has 0 bridgehead atoms. The number of nitrogens with zero attached hydrogens (tertiary/aromatic N) is 2. The minimum Gasteiger partial charge on any atom is -0.358 e. The van der Waals surface area contributed by atoms with Gasteiger partial charge in [-0.05, 0) is 38.6 Å². The van der Waals surface area contributed by atoms with Gasteiger partial charge in [0.1, 0.15) is 3.57 Å². The summed E-state index contributed by atoms with van der Waals surface area (Å²) in [6.45, 7) is -0.114. The first-order chi connectivity index (χ1) is 6.97. The molecule has 0 unspecified atom stereocenters. The molecule has 0 fully saturated rings. The van der Waals surface area contributed by atoms with Crippen molar-refractivity contribution in [1.29, 1.82) is 0 Å². The summed E-state index contributed by atoms with van der Waals surface area (Å²) in [6.07, 6.45) is -2.77. The van der Waals surface area contributed by atoms with Crippen LogP contribution in [0, 0.1) is 13.7 Å². The van der Waals surface area contributed by atoms with Gasteiger partial charge in [0.15, 0.2) is 5.69 Å². The Hall–Kier alpha value is -0.900. The molecule has 15 heavy (non-hydrogen) atoms. The molecular formula is C7H6F2IN3O2. The predicted octanol–water partition coefficient (Wildman–Crippen LogP) is 1.99. The molecule has 0 aromatic carbocycles. The van der Waals surface area contributed by atoms with E-state index in [0.29, 0.717) is 0 Å². The summed E-state index contributed by atoms with van der Waals surface area (Å²) >= 11 is 1.48. The Balaban J connectivity index is 3.40. The lowest BCUT2D eigenvalue weighted by Gasteiger charge is -2.04. The average Bonchev–Trinajstić information content (AvgIpc) is 2.17. The van der Waals surface area contributed by atoms with Gasteiger partial charge in [0.05, 0.1) is 6.54 Å². The molecule has 0 aliphatic carbocycles. The Labute approximate surface area is 97.0 Å². The zero-order valence-electron chi connectivity index (χ0n) is 7.28. The largest absolute Gasteiger partial charge is 0.377 e. The fraction of sp³-hybridized carbons (Fsp3) is 0.286. The smallest absolute Gasteiger partial charge is 0.358 e. The molecule has 1 aromatic heterocycles. The van der Waals surface area contributed by atoms with Crippen LogP contribution >= 0.6 is 22.6 Å². The van der Waals surface area contributed by atoms with Crippen molar-refractivity contribution in [1.82, 2.24) is 4.98 Å². The third-order valence-corrected chi connectivity index (χ3v) is 2.74. The molecule has 0 aliphatic heterocycles. The van der Waals surface area contributed by atoms with Crippen LogP contribution in [0.4, 0.5) is 14.6 Å². The number of pyridine rings is 1. The molecule has 0 saturated carbocycles. The van der Waals surface area contributed by atoms with Crippen molar-refractivity contribution in [2.24, 2.45) is 5.73 Å². The predicted molar refractivity (Wildman–Crippen MR) is 56.5 cm³/mol. The van der Waals surface area contributed by atoms with Crippen molar-refractivity contribution < 1.29 is 13.7 Å². The average molecular weight is 329 g/mol. The van der Waals surface area contributed by atoms with Crippen LogP contribution in [0.5, 0.6) is 0 Å². The normalized spacial score (nSPS) is 10.7. The topological polar surface area (TPSA) is 82.0 Å².